The summed E-state index contributed by atoms with van der Waals surface area (Å²) in [5.74, 6) is 2.48. The lowest BCUT2D eigenvalue weighted by Crippen LogP contribution is -2.31. The summed E-state index contributed by atoms with van der Waals surface area (Å²) in [6.45, 7) is 3.05. The molecule has 0 heterocycles. The van der Waals surface area contributed by atoms with Crippen molar-refractivity contribution in [1.29, 1.82) is 0 Å². The summed E-state index contributed by atoms with van der Waals surface area (Å²) in [7, 11) is 1.51. The van der Waals surface area contributed by atoms with Gasteiger partial charge in [0, 0.05) is 6.04 Å². The second-order valence-corrected chi connectivity index (χ2v) is 6.27. The first-order valence-corrected chi connectivity index (χ1v) is 7.79. The topological polar surface area (TPSA) is 21.3 Å². The number of fused-ring (bicyclic) bond motifs is 2. The molecule has 0 saturated heterocycles. The Morgan fingerprint density at radius 3 is 2.75 bits per heavy atom. The number of methoxy groups -OCH3 is 1. The van der Waals surface area contributed by atoms with E-state index in [9.17, 15) is 4.39 Å². The number of rotatable bonds is 5. The van der Waals surface area contributed by atoms with Gasteiger partial charge in [-0.2, -0.15) is 0 Å². The first-order valence-electron chi connectivity index (χ1n) is 7.79. The lowest BCUT2D eigenvalue weighted by atomic mass is 9.80. The second kappa shape index (κ2) is 5.72. The van der Waals surface area contributed by atoms with E-state index >= 15 is 0 Å². The van der Waals surface area contributed by atoms with Gasteiger partial charge >= 0.3 is 0 Å². The zero-order valence-electron chi connectivity index (χ0n) is 12.4. The van der Waals surface area contributed by atoms with Gasteiger partial charge in [0.2, 0.25) is 0 Å². The average molecular weight is 277 g/mol. The van der Waals surface area contributed by atoms with E-state index in [1.54, 1.807) is 12.1 Å². The van der Waals surface area contributed by atoms with Crippen LogP contribution in [0.5, 0.6) is 5.75 Å². The van der Waals surface area contributed by atoms with Gasteiger partial charge in [0.1, 0.15) is 0 Å². The van der Waals surface area contributed by atoms with Crippen molar-refractivity contribution < 1.29 is 9.13 Å². The highest BCUT2D eigenvalue weighted by atomic mass is 19.1. The molecule has 2 bridgehead atoms. The van der Waals surface area contributed by atoms with E-state index in [1.807, 2.05) is 6.07 Å². The Hall–Kier alpha value is -1.09. The maximum absolute atomic E-state index is 14.0. The van der Waals surface area contributed by atoms with Crippen molar-refractivity contribution in [2.24, 2.45) is 17.8 Å². The average Bonchev–Trinajstić information content (AvgIpc) is 3.07. The summed E-state index contributed by atoms with van der Waals surface area (Å²) in [4.78, 5) is 0. The van der Waals surface area contributed by atoms with E-state index in [0.29, 0.717) is 11.7 Å². The summed E-state index contributed by atoms with van der Waals surface area (Å²) in [6.07, 6.45) is 5.44. The summed E-state index contributed by atoms with van der Waals surface area (Å²) in [6, 6.07) is 5.71. The van der Waals surface area contributed by atoms with Crippen LogP contribution in [0.1, 0.15) is 44.2 Å². The summed E-state index contributed by atoms with van der Waals surface area (Å²) >= 11 is 0. The normalized spacial score (nSPS) is 29.6. The molecule has 3 rings (SSSR count). The molecule has 3 heteroatoms. The van der Waals surface area contributed by atoms with Crippen LogP contribution < -0.4 is 10.1 Å². The Balaban J connectivity index is 1.85. The molecule has 0 spiro atoms. The third-order valence-electron chi connectivity index (χ3n) is 5.18. The molecule has 2 aliphatic rings. The highest BCUT2D eigenvalue weighted by molar-refractivity contribution is 5.31. The Morgan fingerprint density at radius 2 is 2.20 bits per heavy atom. The van der Waals surface area contributed by atoms with Crippen LogP contribution in [0.15, 0.2) is 18.2 Å². The molecule has 2 fully saturated rings. The van der Waals surface area contributed by atoms with Gasteiger partial charge in [-0.15, -0.1) is 0 Å². The molecular formula is C17H24FNO. The quantitative estimate of drug-likeness (QED) is 0.880. The highest BCUT2D eigenvalue weighted by Gasteiger charge is 2.43. The minimum Gasteiger partial charge on any atom is -0.494 e. The minimum absolute atomic E-state index is 0.254. The molecule has 0 aliphatic heterocycles. The number of hydrogen-bond acceptors (Lipinski definition) is 2. The van der Waals surface area contributed by atoms with Gasteiger partial charge in [0.15, 0.2) is 11.6 Å². The Kier molecular flexibility index (Phi) is 3.97. The van der Waals surface area contributed by atoms with Crippen molar-refractivity contribution in [3.8, 4) is 5.75 Å². The molecule has 20 heavy (non-hydrogen) atoms. The zero-order valence-corrected chi connectivity index (χ0v) is 12.4. The molecule has 1 N–H and O–H groups in total. The predicted octanol–water partition coefficient (Wildman–Crippen LogP) is 3.92. The fourth-order valence-electron chi connectivity index (χ4n) is 4.31. The van der Waals surface area contributed by atoms with Crippen LogP contribution in [0.2, 0.25) is 0 Å². The van der Waals surface area contributed by atoms with Crippen LogP contribution in [0.4, 0.5) is 4.39 Å². The summed E-state index contributed by atoms with van der Waals surface area (Å²) < 4.78 is 19.0. The first-order chi connectivity index (χ1) is 9.72. The molecule has 1 aromatic rings. The molecule has 2 nitrogen and oxygen atoms in total. The van der Waals surface area contributed by atoms with Crippen molar-refractivity contribution in [1.82, 2.24) is 5.32 Å². The first kappa shape index (κ1) is 13.9. The van der Waals surface area contributed by atoms with Gasteiger partial charge in [-0.1, -0.05) is 19.4 Å². The van der Waals surface area contributed by atoms with Crippen molar-refractivity contribution in [3.05, 3.63) is 29.6 Å². The van der Waals surface area contributed by atoms with Crippen LogP contribution in [0, 0.1) is 23.6 Å². The molecule has 2 aliphatic carbocycles. The Morgan fingerprint density at radius 1 is 1.35 bits per heavy atom. The largest absolute Gasteiger partial charge is 0.494 e. The van der Waals surface area contributed by atoms with Crippen molar-refractivity contribution >= 4 is 0 Å². The molecule has 2 saturated carbocycles. The third kappa shape index (κ3) is 2.44. The van der Waals surface area contributed by atoms with Gasteiger partial charge in [0.05, 0.1) is 7.11 Å². The standard InChI is InChI=1S/C17H24FNO/c1-3-19-17(14-9-11-4-5-12(14)8-11)13-6-7-16(20-2)15(18)10-13/h6-7,10-12,14,17,19H,3-5,8-9H2,1-2H3. The van der Waals surface area contributed by atoms with E-state index in [1.165, 1.54) is 32.8 Å². The molecule has 4 atom stereocenters. The number of nitrogens with one attached hydrogen (secondary N) is 1. The van der Waals surface area contributed by atoms with Crippen molar-refractivity contribution in [2.75, 3.05) is 13.7 Å². The predicted molar refractivity (Wildman–Crippen MR) is 78.3 cm³/mol. The SMILES string of the molecule is CCNC(c1ccc(OC)c(F)c1)C1CC2CCC1C2. The van der Waals surface area contributed by atoms with Crippen LogP contribution in [-0.4, -0.2) is 13.7 Å². The minimum atomic E-state index is -0.254. The zero-order chi connectivity index (χ0) is 14.1. The fourth-order valence-corrected chi connectivity index (χ4v) is 4.31. The Bertz CT molecular complexity index is 476. The van der Waals surface area contributed by atoms with Gasteiger partial charge < -0.3 is 10.1 Å². The molecular weight excluding hydrogens is 253 g/mol. The van der Waals surface area contributed by atoms with E-state index in [-0.39, 0.29) is 11.9 Å². The van der Waals surface area contributed by atoms with Gasteiger partial charge in [-0.25, -0.2) is 4.39 Å². The number of halogens is 1. The molecule has 4 unspecified atom stereocenters. The van der Waals surface area contributed by atoms with E-state index in [0.717, 1.165) is 23.9 Å². The smallest absolute Gasteiger partial charge is 0.165 e. The van der Waals surface area contributed by atoms with Gasteiger partial charge in [-0.3, -0.25) is 0 Å². The van der Waals surface area contributed by atoms with Crippen molar-refractivity contribution in [3.63, 3.8) is 0 Å². The van der Waals surface area contributed by atoms with Gasteiger partial charge in [-0.05, 0) is 61.3 Å². The molecule has 1 aromatic carbocycles. The van der Waals surface area contributed by atoms with Crippen LogP contribution in [0.3, 0.4) is 0 Å². The maximum Gasteiger partial charge on any atom is 0.165 e. The number of ether oxygens (including phenoxy) is 1. The number of benzene rings is 1. The highest BCUT2D eigenvalue weighted by Crippen LogP contribution is 2.52. The third-order valence-corrected chi connectivity index (χ3v) is 5.18. The van der Waals surface area contributed by atoms with Crippen LogP contribution in [0.25, 0.3) is 0 Å². The molecule has 110 valence electrons. The molecule has 0 radical (unpaired) electrons. The van der Waals surface area contributed by atoms with Crippen LogP contribution in [-0.2, 0) is 0 Å². The van der Waals surface area contributed by atoms with E-state index in [2.05, 4.69) is 12.2 Å². The monoisotopic (exact) mass is 277 g/mol. The molecule has 0 aromatic heterocycles. The van der Waals surface area contributed by atoms with E-state index in [4.69, 9.17) is 4.74 Å². The maximum atomic E-state index is 14.0. The van der Waals surface area contributed by atoms with Gasteiger partial charge in [0.25, 0.3) is 0 Å². The van der Waals surface area contributed by atoms with E-state index < -0.39 is 0 Å². The Labute approximate surface area is 120 Å². The summed E-state index contributed by atoms with van der Waals surface area (Å²) in [5, 5.41) is 3.58. The lowest BCUT2D eigenvalue weighted by Gasteiger charge is -2.31. The molecule has 0 amide bonds. The van der Waals surface area contributed by atoms with Crippen molar-refractivity contribution in [2.45, 2.75) is 38.6 Å². The fraction of sp³-hybridized carbons (Fsp3) is 0.647. The lowest BCUT2D eigenvalue weighted by molar-refractivity contribution is 0.252. The number of hydrogen-bond donors (Lipinski definition) is 1. The second-order valence-electron chi connectivity index (χ2n) is 6.27. The summed E-state index contributed by atoms with van der Waals surface area (Å²) in [5.41, 5.74) is 1.07. The van der Waals surface area contributed by atoms with Crippen LogP contribution >= 0.6 is 0 Å².